The third kappa shape index (κ3) is 6.07. The summed E-state index contributed by atoms with van der Waals surface area (Å²) in [5.41, 5.74) is 1.37. The van der Waals surface area contributed by atoms with E-state index in [1.54, 1.807) is 0 Å². The molecule has 0 bridgehead atoms. The Morgan fingerprint density at radius 3 is 2.63 bits per heavy atom. The zero-order valence-corrected chi connectivity index (χ0v) is 14.2. The summed E-state index contributed by atoms with van der Waals surface area (Å²) >= 11 is 3.54. The molecule has 0 spiro atoms. The monoisotopic (exact) mass is 326 g/mol. The molecule has 0 aliphatic heterocycles. The van der Waals surface area contributed by atoms with Gasteiger partial charge in [0.15, 0.2) is 0 Å². The molecule has 0 aromatic heterocycles. The summed E-state index contributed by atoms with van der Waals surface area (Å²) in [6.45, 7) is 8.94. The first-order valence-corrected chi connectivity index (χ1v) is 8.03. The summed E-state index contributed by atoms with van der Waals surface area (Å²) in [4.78, 5) is 2.39. The summed E-state index contributed by atoms with van der Waals surface area (Å²) in [7, 11) is 2.19. The van der Waals surface area contributed by atoms with Gasteiger partial charge in [0.1, 0.15) is 0 Å². The molecule has 1 N–H and O–H groups in total. The lowest BCUT2D eigenvalue weighted by atomic mass is 10.0. The topological polar surface area (TPSA) is 15.3 Å². The number of nitrogens with zero attached hydrogens (tertiary/aromatic N) is 1. The molecule has 3 heteroatoms. The van der Waals surface area contributed by atoms with Crippen LogP contribution >= 0.6 is 15.9 Å². The second-order valence-corrected chi connectivity index (χ2v) is 6.31. The molecule has 0 aliphatic rings. The minimum atomic E-state index is 0.460. The molecular weight excluding hydrogens is 300 g/mol. The van der Waals surface area contributed by atoms with Gasteiger partial charge in [-0.25, -0.2) is 0 Å². The van der Waals surface area contributed by atoms with Crippen LogP contribution in [0.2, 0.25) is 0 Å². The molecule has 1 aromatic carbocycles. The fourth-order valence-electron chi connectivity index (χ4n) is 2.08. The van der Waals surface area contributed by atoms with Gasteiger partial charge >= 0.3 is 0 Å². The van der Waals surface area contributed by atoms with Gasteiger partial charge in [-0.2, -0.15) is 0 Å². The van der Waals surface area contributed by atoms with Crippen molar-refractivity contribution < 1.29 is 0 Å². The highest BCUT2D eigenvalue weighted by Crippen LogP contribution is 2.20. The van der Waals surface area contributed by atoms with Gasteiger partial charge in [-0.05, 0) is 64.5 Å². The minimum absolute atomic E-state index is 0.460. The number of rotatable bonds is 8. The average Bonchev–Trinajstić information content (AvgIpc) is 2.38. The molecule has 0 amide bonds. The van der Waals surface area contributed by atoms with Crippen molar-refractivity contribution in [3.63, 3.8) is 0 Å². The Labute approximate surface area is 126 Å². The van der Waals surface area contributed by atoms with Gasteiger partial charge in [-0.1, -0.05) is 35.0 Å². The number of benzene rings is 1. The first kappa shape index (κ1) is 16.7. The van der Waals surface area contributed by atoms with Gasteiger partial charge in [0.2, 0.25) is 0 Å². The summed E-state index contributed by atoms with van der Waals surface area (Å²) in [6, 6.07) is 9.69. The normalized spacial score (nSPS) is 13.2. The molecule has 2 nitrogen and oxygen atoms in total. The van der Waals surface area contributed by atoms with Crippen LogP contribution in [0.5, 0.6) is 0 Å². The van der Waals surface area contributed by atoms with E-state index < -0.39 is 0 Å². The molecule has 1 unspecified atom stereocenters. The summed E-state index contributed by atoms with van der Waals surface area (Å²) in [5.74, 6) is 0. The van der Waals surface area contributed by atoms with Gasteiger partial charge in [0.25, 0.3) is 0 Å². The smallest absolute Gasteiger partial charge is 0.0318 e. The maximum atomic E-state index is 3.66. The Morgan fingerprint density at radius 2 is 2.05 bits per heavy atom. The summed E-state index contributed by atoms with van der Waals surface area (Å²) in [6.07, 6.45) is 2.32. The van der Waals surface area contributed by atoms with Crippen LogP contribution in [0.3, 0.4) is 0 Å². The molecule has 1 aromatic rings. The van der Waals surface area contributed by atoms with Crippen LogP contribution in [-0.2, 0) is 0 Å². The van der Waals surface area contributed by atoms with E-state index in [2.05, 4.69) is 78.2 Å². The number of nitrogens with one attached hydrogen (secondary N) is 1. The molecule has 0 fully saturated rings. The van der Waals surface area contributed by atoms with E-state index in [9.17, 15) is 0 Å². The molecule has 0 heterocycles. The van der Waals surface area contributed by atoms with E-state index >= 15 is 0 Å². The lowest BCUT2D eigenvalue weighted by Crippen LogP contribution is -2.30. The van der Waals surface area contributed by atoms with Crippen molar-refractivity contribution in [3.05, 3.63) is 34.3 Å². The number of halogens is 1. The molecule has 0 saturated carbocycles. The molecule has 0 radical (unpaired) electrons. The quantitative estimate of drug-likeness (QED) is 0.719. The predicted octanol–water partition coefficient (Wildman–Crippen LogP) is 4.22. The average molecular weight is 327 g/mol. The first-order chi connectivity index (χ1) is 9.04. The van der Waals surface area contributed by atoms with Crippen LogP contribution in [0, 0.1) is 0 Å². The summed E-state index contributed by atoms with van der Waals surface area (Å²) in [5, 5.41) is 3.66. The van der Waals surface area contributed by atoms with Crippen molar-refractivity contribution in [3.8, 4) is 0 Å². The van der Waals surface area contributed by atoms with Gasteiger partial charge in [0.05, 0.1) is 0 Å². The highest BCUT2D eigenvalue weighted by atomic mass is 79.9. The lowest BCUT2D eigenvalue weighted by Gasteiger charge is -2.22. The Bertz CT molecular complexity index is 366. The standard InChI is InChI=1S/C16H27BrN2/c1-5-16(14-8-6-9-15(17)12-14)18-10-7-11-19(4)13(2)3/h6,8-9,12-13,16,18H,5,7,10-11H2,1-4H3. The van der Waals surface area contributed by atoms with Crippen LogP contribution in [0.1, 0.15) is 45.2 Å². The van der Waals surface area contributed by atoms with E-state index in [4.69, 9.17) is 0 Å². The SMILES string of the molecule is CCC(NCCCN(C)C(C)C)c1cccc(Br)c1. The molecule has 0 aliphatic carbocycles. The van der Waals surface area contributed by atoms with E-state index in [0.29, 0.717) is 12.1 Å². The maximum Gasteiger partial charge on any atom is 0.0318 e. The highest BCUT2D eigenvalue weighted by Gasteiger charge is 2.09. The maximum absolute atomic E-state index is 3.66. The molecular formula is C16H27BrN2. The van der Waals surface area contributed by atoms with Crippen LogP contribution in [0.4, 0.5) is 0 Å². The minimum Gasteiger partial charge on any atom is -0.310 e. The van der Waals surface area contributed by atoms with E-state index in [-0.39, 0.29) is 0 Å². The zero-order valence-electron chi connectivity index (χ0n) is 12.6. The van der Waals surface area contributed by atoms with Crippen molar-refractivity contribution in [2.45, 2.75) is 45.7 Å². The molecule has 1 rings (SSSR count). The van der Waals surface area contributed by atoms with E-state index in [0.717, 1.165) is 24.0 Å². The lowest BCUT2D eigenvalue weighted by molar-refractivity contribution is 0.267. The van der Waals surface area contributed by atoms with E-state index in [1.165, 1.54) is 12.0 Å². The van der Waals surface area contributed by atoms with Crippen molar-refractivity contribution in [1.82, 2.24) is 10.2 Å². The van der Waals surface area contributed by atoms with Gasteiger partial charge in [0, 0.05) is 16.6 Å². The number of hydrogen-bond donors (Lipinski definition) is 1. The fraction of sp³-hybridized carbons (Fsp3) is 0.625. The van der Waals surface area contributed by atoms with Crippen molar-refractivity contribution in [1.29, 1.82) is 0 Å². The predicted molar refractivity (Wildman–Crippen MR) is 87.6 cm³/mol. The Morgan fingerprint density at radius 1 is 1.32 bits per heavy atom. The van der Waals surface area contributed by atoms with Crippen LogP contribution in [0.25, 0.3) is 0 Å². The molecule has 1 atom stereocenters. The second kappa shape index (κ2) is 8.72. The van der Waals surface area contributed by atoms with Gasteiger partial charge < -0.3 is 10.2 Å². The summed E-state index contributed by atoms with van der Waals surface area (Å²) < 4.78 is 1.16. The fourth-order valence-corrected chi connectivity index (χ4v) is 2.50. The highest BCUT2D eigenvalue weighted by molar-refractivity contribution is 9.10. The Kier molecular flexibility index (Phi) is 7.66. The van der Waals surface area contributed by atoms with Gasteiger partial charge in [-0.3, -0.25) is 0 Å². The Balaban J connectivity index is 2.37. The second-order valence-electron chi connectivity index (χ2n) is 5.40. The van der Waals surface area contributed by atoms with E-state index in [1.807, 2.05) is 0 Å². The third-order valence-corrected chi connectivity index (χ3v) is 4.11. The zero-order chi connectivity index (χ0) is 14.3. The van der Waals surface area contributed by atoms with Crippen LogP contribution in [0.15, 0.2) is 28.7 Å². The van der Waals surface area contributed by atoms with Crippen LogP contribution in [-0.4, -0.2) is 31.1 Å². The van der Waals surface area contributed by atoms with Gasteiger partial charge in [-0.15, -0.1) is 0 Å². The largest absolute Gasteiger partial charge is 0.310 e. The van der Waals surface area contributed by atoms with Crippen molar-refractivity contribution >= 4 is 15.9 Å². The van der Waals surface area contributed by atoms with Crippen molar-refractivity contribution in [2.75, 3.05) is 20.1 Å². The Hall–Kier alpha value is -0.380. The molecule has 19 heavy (non-hydrogen) atoms. The molecule has 0 saturated heterocycles. The van der Waals surface area contributed by atoms with Crippen LogP contribution < -0.4 is 5.32 Å². The third-order valence-electron chi connectivity index (χ3n) is 3.62. The first-order valence-electron chi connectivity index (χ1n) is 7.23. The van der Waals surface area contributed by atoms with Crippen molar-refractivity contribution in [2.24, 2.45) is 0 Å². The molecule has 108 valence electrons. The number of hydrogen-bond acceptors (Lipinski definition) is 2.